The number of hydrogen-bond donors (Lipinski definition) is 0. The van der Waals surface area contributed by atoms with E-state index in [4.69, 9.17) is 12.1 Å². The summed E-state index contributed by atoms with van der Waals surface area (Å²) >= 11 is 0. The highest BCUT2D eigenvalue weighted by Crippen LogP contribution is 2.06. The summed E-state index contributed by atoms with van der Waals surface area (Å²) in [5.74, 6) is 0. The smallest absolute Gasteiger partial charge is 0.162 e. The van der Waals surface area contributed by atoms with Gasteiger partial charge < -0.3 is 16.0 Å². The van der Waals surface area contributed by atoms with Crippen LogP contribution in [-0.4, -0.2) is 14.3 Å². The van der Waals surface area contributed by atoms with Crippen molar-refractivity contribution in [1.82, 2.24) is 0 Å². The molecular formula is C12H15SSi-. The van der Waals surface area contributed by atoms with Crippen LogP contribution in [0.5, 0.6) is 0 Å². The molecule has 0 atom stereocenters. The summed E-state index contributed by atoms with van der Waals surface area (Å²) < 4.78 is 0. The monoisotopic (exact) mass is 219 g/mol. The fourth-order valence-corrected chi connectivity index (χ4v) is 2.90. The van der Waals surface area contributed by atoms with Crippen LogP contribution in [0.1, 0.15) is 0 Å². The minimum Gasteiger partial charge on any atom is -0.432 e. The van der Waals surface area contributed by atoms with E-state index in [0.29, 0.717) is 0 Å². The van der Waals surface area contributed by atoms with Crippen LogP contribution in [0.15, 0.2) is 29.2 Å². The molecule has 74 valence electrons. The fourth-order valence-electron chi connectivity index (χ4n) is 1.17. The molecule has 0 amide bonds. The zero-order chi connectivity index (χ0) is 10.8. The van der Waals surface area contributed by atoms with Gasteiger partial charge in [-0.3, -0.25) is 0 Å². The molecule has 0 unspecified atom stereocenters. The van der Waals surface area contributed by atoms with E-state index in [1.807, 2.05) is 6.26 Å². The van der Waals surface area contributed by atoms with Gasteiger partial charge in [-0.1, -0.05) is 37.4 Å². The molecule has 1 aromatic carbocycles. The Morgan fingerprint density at radius 3 is 2.07 bits per heavy atom. The molecule has 1 aromatic rings. The summed E-state index contributed by atoms with van der Waals surface area (Å²) in [5, 5.41) is 1.30. The molecule has 2 heteroatoms. The van der Waals surface area contributed by atoms with Crippen LogP contribution in [0, 0.1) is 17.7 Å². The first-order valence-corrected chi connectivity index (χ1v) is 9.15. The van der Waals surface area contributed by atoms with Crippen LogP contribution in [0.3, 0.4) is 0 Å². The van der Waals surface area contributed by atoms with E-state index >= 15 is 0 Å². The molecule has 0 saturated heterocycles. The lowest BCUT2D eigenvalue weighted by atomic mass is 10.4. The zero-order valence-electron chi connectivity index (χ0n) is 8.87. The van der Waals surface area contributed by atoms with Crippen LogP contribution in [-0.2, 0) is 10.3 Å². The number of benzene rings is 1. The predicted molar refractivity (Wildman–Crippen MR) is 68.9 cm³/mol. The minimum atomic E-state index is -1.62. The molecule has 0 saturated carbocycles. The highest BCUT2D eigenvalue weighted by atomic mass is 32.2. The topological polar surface area (TPSA) is 0 Å². The molecule has 0 N–H and O–H groups in total. The Bertz CT molecular complexity index is 426. The molecule has 0 aromatic heterocycles. The van der Waals surface area contributed by atoms with Gasteiger partial charge in [0.2, 0.25) is 0 Å². The van der Waals surface area contributed by atoms with Crippen molar-refractivity contribution < 1.29 is 0 Å². The van der Waals surface area contributed by atoms with Crippen LogP contribution < -0.4 is 5.19 Å². The van der Waals surface area contributed by atoms with Crippen LogP contribution >= 0.6 is 0 Å². The van der Waals surface area contributed by atoms with Crippen LogP contribution in [0.2, 0.25) is 13.1 Å². The molecule has 0 aliphatic rings. The lowest BCUT2D eigenvalue weighted by molar-refractivity contribution is 1.48. The molecule has 0 aliphatic heterocycles. The summed E-state index contributed by atoms with van der Waals surface area (Å²) in [6, 6.07) is 8.42. The average Bonchev–Trinajstić information content (AvgIpc) is 2.18. The van der Waals surface area contributed by atoms with Gasteiger partial charge in [-0.15, -0.1) is 23.1 Å². The third-order valence-corrected chi connectivity index (χ3v) is 5.82. The Hall–Kier alpha value is -0.873. The molecule has 0 radical (unpaired) electrons. The van der Waals surface area contributed by atoms with Gasteiger partial charge in [0.05, 0.1) is 0 Å². The van der Waals surface area contributed by atoms with Crippen LogP contribution in [0.4, 0.5) is 0 Å². The maximum absolute atomic E-state index is 5.80. The van der Waals surface area contributed by atoms with Crippen molar-refractivity contribution in [2.45, 2.75) is 18.0 Å². The Morgan fingerprint density at radius 1 is 1.21 bits per heavy atom. The second kappa shape index (κ2) is 4.10. The summed E-state index contributed by atoms with van der Waals surface area (Å²) in [7, 11) is -1.77. The fraction of sp³-hybridized carbons (Fsp3) is 0.250. The third kappa shape index (κ3) is 2.33. The zero-order valence-corrected chi connectivity index (χ0v) is 10.7. The van der Waals surface area contributed by atoms with E-state index < -0.39 is 8.07 Å². The highest BCUT2D eigenvalue weighted by molar-refractivity contribution is 7.85. The number of rotatable bonds is 1. The largest absolute Gasteiger partial charge is 0.432 e. The van der Waals surface area contributed by atoms with Gasteiger partial charge >= 0.3 is 0 Å². The van der Waals surface area contributed by atoms with Gasteiger partial charge in [0.25, 0.3) is 0 Å². The van der Waals surface area contributed by atoms with Gasteiger partial charge in [0.1, 0.15) is 0 Å². The van der Waals surface area contributed by atoms with E-state index in [2.05, 4.69) is 42.9 Å². The molecule has 0 nitrogen and oxygen atoms in total. The highest BCUT2D eigenvalue weighted by Gasteiger charge is 2.19. The molecule has 0 fully saturated rings. The van der Waals surface area contributed by atoms with Crippen molar-refractivity contribution >= 4 is 23.6 Å². The van der Waals surface area contributed by atoms with Crippen molar-refractivity contribution in [3.63, 3.8) is 0 Å². The standard InChI is InChI=1S/C12H15SSi/c1-6-14(4,5)12-9-7-11(8-10-12)13(2)3/h1-2,7-10H,3-5H3/q-1. The lowest BCUT2D eigenvalue weighted by Crippen LogP contribution is -2.39. The maximum atomic E-state index is 5.80. The molecular weight excluding hydrogens is 204 g/mol. The summed E-state index contributed by atoms with van der Waals surface area (Å²) in [6.45, 7) is 4.35. The van der Waals surface area contributed by atoms with Crippen molar-refractivity contribution in [2.75, 3.05) is 6.26 Å². The first-order chi connectivity index (χ1) is 6.47. The normalized spacial score (nSPS) is 11.3. The molecule has 0 heterocycles. The Morgan fingerprint density at radius 2 is 1.71 bits per heavy atom. The number of hydrogen-bond acceptors (Lipinski definition) is 1. The Balaban J connectivity index is 3.09. The summed E-state index contributed by atoms with van der Waals surface area (Å²) in [4.78, 5) is 1.19. The molecule has 0 spiro atoms. The first-order valence-electron chi connectivity index (χ1n) is 4.46. The van der Waals surface area contributed by atoms with Crippen molar-refractivity contribution in [3.05, 3.63) is 24.3 Å². The van der Waals surface area contributed by atoms with Gasteiger partial charge in [0, 0.05) is 0 Å². The van der Waals surface area contributed by atoms with E-state index in [1.54, 1.807) is 0 Å². The van der Waals surface area contributed by atoms with Crippen molar-refractivity contribution in [1.29, 1.82) is 0 Å². The molecule has 0 aliphatic carbocycles. The third-order valence-electron chi connectivity index (χ3n) is 2.31. The van der Waals surface area contributed by atoms with Gasteiger partial charge in [0.15, 0.2) is 8.07 Å². The first kappa shape index (κ1) is 11.2. The van der Waals surface area contributed by atoms with E-state index in [1.165, 1.54) is 10.1 Å². The van der Waals surface area contributed by atoms with E-state index in [0.717, 1.165) is 0 Å². The quantitative estimate of drug-likeness (QED) is 0.385. The predicted octanol–water partition coefficient (Wildman–Crippen LogP) is 1.97. The van der Waals surface area contributed by atoms with E-state index in [-0.39, 0.29) is 10.3 Å². The minimum absolute atomic E-state index is 0.152. The van der Waals surface area contributed by atoms with Crippen LogP contribution in [0.25, 0.3) is 0 Å². The average molecular weight is 219 g/mol. The number of terminal acetylenes is 1. The van der Waals surface area contributed by atoms with Gasteiger partial charge in [-0.2, -0.15) is 0 Å². The van der Waals surface area contributed by atoms with Gasteiger partial charge in [-0.05, 0) is 5.19 Å². The SMILES string of the molecule is C#C[Si](C)(C)c1ccc([S-](#C)C)cc1. The Kier molecular flexibility index (Phi) is 3.28. The Labute approximate surface area is 89.9 Å². The molecule has 0 bridgehead atoms. The van der Waals surface area contributed by atoms with Crippen molar-refractivity contribution in [3.8, 4) is 17.7 Å². The summed E-state index contributed by atoms with van der Waals surface area (Å²) in [5.41, 5.74) is 8.72. The second-order valence-corrected chi connectivity index (χ2v) is 9.55. The maximum Gasteiger partial charge on any atom is 0.162 e. The van der Waals surface area contributed by atoms with E-state index in [9.17, 15) is 0 Å². The molecule has 14 heavy (non-hydrogen) atoms. The second-order valence-electron chi connectivity index (χ2n) is 3.85. The lowest BCUT2D eigenvalue weighted by Gasteiger charge is -2.18. The summed E-state index contributed by atoms with van der Waals surface area (Å²) in [6.07, 6.45) is 7.54. The van der Waals surface area contributed by atoms with Gasteiger partial charge in [-0.25, -0.2) is 0 Å². The molecule has 1 rings (SSSR count). The van der Waals surface area contributed by atoms with Crippen molar-refractivity contribution in [2.24, 2.45) is 0 Å².